The number of hydrogen-bond acceptors (Lipinski definition) is 7. The number of rotatable bonds is 5. The zero-order chi connectivity index (χ0) is 16.5. The summed E-state index contributed by atoms with van der Waals surface area (Å²) < 4.78 is 12.9. The monoisotopic (exact) mass is 520 g/mol. The Labute approximate surface area is 165 Å². The first-order valence-electron chi connectivity index (χ1n) is 7.73. The van der Waals surface area contributed by atoms with E-state index >= 15 is 0 Å². The van der Waals surface area contributed by atoms with Gasteiger partial charge in [-0.1, -0.05) is 0 Å². The number of ether oxygens (including phenoxy) is 2. The molecule has 0 radical (unpaired) electrons. The Morgan fingerprint density at radius 3 is 1.74 bits per heavy atom. The Balaban J connectivity index is 1.84. The Morgan fingerprint density at radius 2 is 1.35 bits per heavy atom. The molecule has 0 unspecified atom stereocenters. The van der Waals surface area contributed by atoms with Crippen molar-refractivity contribution in [2.45, 2.75) is 13.3 Å². The van der Waals surface area contributed by atoms with Gasteiger partial charge in [0.2, 0.25) is 0 Å². The van der Waals surface area contributed by atoms with Crippen LogP contribution in [0.1, 0.15) is 13.3 Å². The molecule has 0 spiro atoms. The zero-order valence-corrected chi connectivity index (χ0v) is 19.9. The third kappa shape index (κ3) is 7.77. The van der Waals surface area contributed by atoms with Crippen LogP contribution in [-0.2, 0) is 9.47 Å². The van der Waals surface area contributed by atoms with Crippen molar-refractivity contribution in [3.05, 3.63) is 0 Å². The molecule has 2 aliphatic rings. The van der Waals surface area contributed by atoms with Gasteiger partial charge in [0.15, 0.2) is 0 Å². The van der Waals surface area contributed by atoms with E-state index in [-0.39, 0.29) is 0 Å². The molecule has 2 rings (SSSR count). The second kappa shape index (κ2) is 12.0. The first-order valence-corrected chi connectivity index (χ1v) is 20.4. The topological polar surface area (TPSA) is 24.9 Å². The van der Waals surface area contributed by atoms with E-state index in [1.165, 1.54) is 12.2 Å². The fraction of sp³-hybridized carbons (Fsp3) is 0.846. The van der Waals surface area contributed by atoms with Gasteiger partial charge in [0.05, 0.1) is 0 Å². The summed E-state index contributed by atoms with van der Waals surface area (Å²) >= 11 is 9.68. The zero-order valence-electron chi connectivity index (χ0n) is 13.3. The van der Waals surface area contributed by atoms with Crippen molar-refractivity contribution in [3.63, 3.8) is 0 Å². The van der Waals surface area contributed by atoms with Crippen molar-refractivity contribution < 1.29 is 9.47 Å². The molecule has 0 amide bonds. The molecule has 2 heterocycles. The number of nitrogens with zero attached hydrogens (tertiary/aromatic N) is 2. The molecule has 0 aromatic rings. The van der Waals surface area contributed by atoms with E-state index in [1.807, 2.05) is 17.7 Å². The van der Waals surface area contributed by atoms with E-state index in [2.05, 4.69) is 25.6 Å². The van der Waals surface area contributed by atoms with Crippen LogP contribution in [0.2, 0.25) is 0 Å². The average Bonchev–Trinajstić information content (AvgIpc) is 2.61. The molecule has 0 bridgehead atoms. The number of morpholine rings is 2. The van der Waals surface area contributed by atoms with E-state index in [0.717, 1.165) is 61.2 Å². The second-order valence-electron chi connectivity index (χ2n) is 4.97. The minimum atomic E-state index is -1.69. The van der Waals surface area contributed by atoms with Gasteiger partial charge in [0, 0.05) is 0 Å². The van der Waals surface area contributed by atoms with Gasteiger partial charge in [-0.2, -0.15) is 0 Å². The maximum absolute atomic E-state index is 5.69. The molecular formula is C13H23N2O2S5Sb. The Bertz CT molecular complexity index is 361. The van der Waals surface area contributed by atoms with Gasteiger partial charge in [-0.05, 0) is 0 Å². The summed E-state index contributed by atoms with van der Waals surface area (Å²) in [6, 6.07) is 0. The normalized spacial score (nSPS) is 19.2. The minimum absolute atomic E-state index is 0.791. The molecular weight excluding hydrogens is 498 g/mol. The molecule has 23 heavy (non-hydrogen) atoms. The summed E-state index contributed by atoms with van der Waals surface area (Å²) in [5.74, 6) is 1.21. The van der Waals surface area contributed by atoms with Crippen LogP contribution in [0.3, 0.4) is 0 Å². The summed E-state index contributed by atoms with van der Waals surface area (Å²) in [5, 5.41) is 0. The SMILES string of the molecule is CCC[S][Sb]([S]C(=S)N1CCOCC1)[S]C(=S)N1CCOCC1. The van der Waals surface area contributed by atoms with Gasteiger partial charge in [-0.3, -0.25) is 0 Å². The van der Waals surface area contributed by atoms with Crippen molar-refractivity contribution in [1.82, 2.24) is 9.80 Å². The Hall–Kier alpha value is 1.57. The van der Waals surface area contributed by atoms with Crippen LogP contribution < -0.4 is 0 Å². The molecule has 0 N–H and O–H groups in total. The van der Waals surface area contributed by atoms with Crippen LogP contribution in [-0.4, -0.2) is 92.8 Å². The van der Waals surface area contributed by atoms with Crippen molar-refractivity contribution in [2.24, 2.45) is 0 Å². The molecule has 4 nitrogen and oxygen atoms in total. The molecule has 2 fully saturated rings. The van der Waals surface area contributed by atoms with Crippen molar-refractivity contribution in [2.75, 3.05) is 58.4 Å². The maximum atomic E-state index is 5.69. The summed E-state index contributed by atoms with van der Waals surface area (Å²) in [4.78, 5) is 4.59. The second-order valence-corrected chi connectivity index (χ2v) is 26.7. The van der Waals surface area contributed by atoms with Crippen molar-refractivity contribution in [3.8, 4) is 0 Å². The molecule has 0 aromatic heterocycles. The van der Waals surface area contributed by atoms with Crippen LogP contribution in [0.5, 0.6) is 0 Å². The standard InChI is InChI=1S/2C5H9NOS2.C3H8S.Sb/c2*8-5(9)6-1-3-7-4-2-6;1-2-3-4;/h2*1-4H2,(H,8,9);4H,2-3H2,1H3;/q;;;+3/p-3. The first kappa shape index (κ1) is 20.9. The van der Waals surface area contributed by atoms with Crippen molar-refractivity contribution >= 4 is 75.6 Å². The molecule has 132 valence electrons. The van der Waals surface area contributed by atoms with Gasteiger partial charge in [-0.15, -0.1) is 0 Å². The molecule has 10 heteroatoms. The van der Waals surface area contributed by atoms with Crippen LogP contribution in [0, 0.1) is 0 Å². The fourth-order valence-electron chi connectivity index (χ4n) is 1.97. The van der Waals surface area contributed by atoms with E-state index in [1.54, 1.807) is 0 Å². The van der Waals surface area contributed by atoms with Gasteiger partial charge in [0.25, 0.3) is 0 Å². The van der Waals surface area contributed by atoms with Crippen LogP contribution in [0.15, 0.2) is 0 Å². The molecule has 0 saturated carbocycles. The third-order valence-corrected chi connectivity index (χ3v) is 27.5. The van der Waals surface area contributed by atoms with E-state index in [4.69, 9.17) is 33.9 Å². The van der Waals surface area contributed by atoms with Crippen LogP contribution >= 0.6 is 51.0 Å². The Kier molecular flexibility index (Phi) is 10.9. The van der Waals surface area contributed by atoms with Gasteiger partial charge >= 0.3 is 167 Å². The van der Waals surface area contributed by atoms with Gasteiger partial charge < -0.3 is 0 Å². The number of hydrogen-bond donors (Lipinski definition) is 0. The molecule has 0 aliphatic carbocycles. The first-order chi connectivity index (χ1) is 11.2. The summed E-state index contributed by atoms with van der Waals surface area (Å²) in [7, 11) is 6.02. The van der Waals surface area contributed by atoms with Gasteiger partial charge in [0.1, 0.15) is 0 Å². The molecule has 2 saturated heterocycles. The Morgan fingerprint density at radius 1 is 0.913 bits per heavy atom. The van der Waals surface area contributed by atoms with Crippen LogP contribution in [0.4, 0.5) is 0 Å². The summed E-state index contributed by atoms with van der Waals surface area (Å²) in [6.07, 6.45) is 1.21. The van der Waals surface area contributed by atoms with E-state index in [9.17, 15) is 0 Å². The van der Waals surface area contributed by atoms with E-state index < -0.39 is 16.0 Å². The fourth-order valence-corrected chi connectivity index (χ4v) is 30.2. The van der Waals surface area contributed by atoms with Gasteiger partial charge in [-0.25, -0.2) is 0 Å². The molecule has 2 aliphatic heterocycles. The van der Waals surface area contributed by atoms with Crippen LogP contribution in [0.25, 0.3) is 0 Å². The predicted molar refractivity (Wildman–Crippen MR) is 114 cm³/mol. The molecule has 0 atom stereocenters. The summed E-state index contributed by atoms with van der Waals surface area (Å²) in [6.45, 7) is 9.11. The molecule has 0 aromatic carbocycles. The number of thiocarbonyl (C=S) groups is 2. The average molecular weight is 521 g/mol. The van der Waals surface area contributed by atoms with Crippen molar-refractivity contribution in [1.29, 1.82) is 0 Å². The predicted octanol–water partition coefficient (Wildman–Crippen LogP) is 2.82. The quantitative estimate of drug-likeness (QED) is 0.400. The van der Waals surface area contributed by atoms with E-state index in [0.29, 0.717) is 0 Å². The third-order valence-electron chi connectivity index (χ3n) is 3.24. The summed E-state index contributed by atoms with van der Waals surface area (Å²) in [5.41, 5.74) is 0.